The molecule has 0 saturated carbocycles. The van der Waals surface area contributed by atoms with Crippen LogP contribution in [0.5, 0.6) is 0 Å². The van der Waals surface area contributed by atoms with Gasteiger partial charge in [-0.2, -0.15) is 13.2 Å². The third-order valence-electron chi connectivity index (χ3n) is 1.84. The SMILES string of the molecule is CSC(O)(c1ccccc1)C(F)(F)F. The van der Waals surface area contributed by atoms with Crippen molar-refractivity contribution in [1.82, 2.24) is 0 Å². The van der Waals surface area contributed by atoms with Crippen LogP contribution >= 0.6 is 11.8 Å². The fourth-order valence-electron chi connectivity index (χ4n) is 1.06. The first kappa shape index (κ1) is 11.4. The highest BCUT2D eigenvalue weighted by molar-refractivity contribution is 7.99. The van der Waals surface area contributed by atoms with Crippen molar-refractivity contribution >= 4 is 11.8 Å². The smallest absolute Gasteiger partial charge is 0.368 e. The molecule has 0 aliphatic carbocycles. The maximum absolute atomic E-state index is 12.5. The van der Waals surface area contributed by atoms with Crippen LogP contribution in [0.15, 0.2) is 30.3 Å². The van der Waals surface area contributed by atoms with E-state index >= 15 is 0 Å². The van der Waals surface area contributed by atoms with Gasteiger partial charge in [0.15, 0.2) is 0 Å². The molecule has 0 amide bonds. The van der Waals surface area contributed by atoms with Gasteiger partial charge >= 0.3 is 6.18 Å². The average molecular weight is 222 g/mol. The largest absolute Gasteiger partial charge is 0.431 e. The van der Waals surface area contributed by atoms with Gasteiger partial charge in [-0.1, -0.05) is 30.3 Å². The molecule has 14 heavy (non-hydrogen) atoms. The molecule has 5 heteroatoms. The van der Waals surface area contributed by atoms with Crippen molar-refractivity contribution in [2.75, 3.05) is 6.26 Å². The maximum atomic E-state index is 12.5. The second kappa shape index (κ2) is 3.82. The maximum Gasteiger partial charge on any atom is 0.431 e. The molecule has 1 unspecified atom stereocenters. The lowest BCUT2D eigenvalue weighted by Gasteiger charge is -2.28. The van der Waals surface area contributed by atoms with E-state index in [1.807, 2.05) is 0 Å². The van der Waals surface area contributed by atoms with Gasteiger partial charge in [0.2, 0.25) is 4.93 Å². The Morgan fingerprint density at radius 3 is 2.00 bits per heavy atom. The highest BCUT2D eigenvalue weighted by Crippen LogP contribution is 2.45. The predicted molar refractivity (Wildman–Crippen MR) is 49.9 cm³/mol. The Morgan fingerprint density at radius 2 is 1.64 bits per heavy atom. The molecule has 0 aliphatic heterocycles. The van der Waals surface area contributed by atoms with E-state index in [0.717, 1.165) is 0 Å². The summed E-state index contributed by atoms with van der Waals surface area (Å²) in [4.78, 5) is -2.81. The standard InChI is InChI=1S/C9H9F3OS/c1-14-8(13,9(10,11)12)7-5-3-2-4-6-7/h2-6,13H,1H3. The van der Waals surface area contributed by atoms with E-state index in [0.29, 0.717) is 11.8 Å². The fourth-order valence-corrected chi connectivity index (χ4v) is 1.66. The second-order valence-electron chi connectivity index (χ2n) is 2.71. The first-order valence-corrected chi connectivity index (χ1v) is 5.04. The Balaban J connectivity index is 3.15. The van der Waals surface area contributed by atoms with Crippen LogP contribution in [0.25, 0.3) is 0 Å². The zero-order chi connectivity index (χ0) is 10.8. The minimum Gasteiger partial charge on any atom is -0.368 e. The summed E-state index contributed by atoms with van der Waals surface area (Å²) < 4.78 is 37.6. The number of hydrogen-bond donors (Lipinski definition) is 1. The minimum atomic E-state index is -4.67. The molecule has 1 rings (SSSR count). The van der Waals surface area contributed by atoms with Crippen LogP contribution in [0, 0.1) is 0 Å². The summed E-state index contributed by atoms with van der Waals surface area (Å²) in [5.41, 5.74) is -0.153. The van der Waals surface area contributed by atoms with Crippen LogP contribution in [0.4, 0.5) is 13.2 Å². The minimum absolute atomic E-state index is 0.153. The van der Waals surface area contributed by atoms with Gasteiger partial charge < -0.3 is 5.11 Å². The molecule has 0 bridgehead atoms. The molecule has 1 nitrogen and oxygen atoms in total. The molecule has 0 heterocycles. The number of hydrogen-bond acceptors (Lipinski definition) is 2. The van der Waals surface area contributed by atoms with E-state index in [1.54, 1.807) is 6.07 Å². The molecule has 0 fully saturated rings. The normalized spacial score (nSPS) is 16.4. The monoisotopic (exact) mass is 222 g/mol. The Kier molecular flexibility index (Phi) is 3.11. The second-order valence-corrected chi connectivity index (χ2v) is 3.71. The molecule has 0 saturated heterocycles. The molecule has 0 spiro atoms. The number of rotatable bonds is 2. The predicted octanol–water partition coefficient (Wildman–Crippen LogP) is 2.76. The third-order valence-corrected chi connectivity index (χ3v) is 2.90. The number of thioether (sulfide) groups is 1. The van der Waals surface area contributed by atoms with Crippen molar-refractivity contribution in [3.05, 3.63) is 35.9 Å². The summed E-state index contributed by atoms with van der Waals surface area (Å²) in [5, 5.41) is 9.47. The Hall–Kier alpha value is -0.680. The molecule has 0 aromatic heterocycles. The number of benzene rings is 1. The highest BCUT2D eigenvalue weighted by Gasteiger charge is 2.54. The van der Waals surface area contributed by atoms with Crippen molar-refractivity contribution < 1.29 is 18.3 Å². The van der Waals surface area contributed by atoms with E-state index in [-0.39, 0.29) is 5.56 Å². The molecular weight excluding hydrogens is 213 g/mol. The van der Waals surface area contributed by atoms with E-state index in [9.17, 15) is 18.3 Å². The van der Waals surface area contributed by atoms with Gasteiger partial charge in [0.05, 0.1) is 0 Å². The van der Waals surface area contributed by atoms with Crippen LogP contribution in [-0.2, 0) is 4.93 Å². The number of alkyl halides is 3. The summed E-state index contributed by atoms with van der Waals surface area (Å²) >= 11 is 0.363. The van der Waals surface area contributed by atoms with E-state index in [1.165, 1.54) is 30.5 Å². The summed E-state index contributed by atoms with van der Waals surface area (Å²) in [6.45, 7) is 0. The molecule has 0 radical (unpaired) electrons. The van der Waals surface area contributed by atoms with Crippen LogP contribution in [-0.4, -0.2) is 17.5 Å². The molecule has 0 aliphatic rings. The fraction of sp³-hybridized carbons (Fsp3) is 0.333. The van der Waals surface area contributed by atoms with Crippen LogP contribution < -0.4 is 0 Å². The first-order valence-electron chi connectivity index (χ1n) is 3.81. The third kappa shape index (κ3) is 1.88. The van der Waals surface area contributed by atoms with E-state index in [2.05, 4.69) is 0 Å². The van der Waals surface area contributed by atoms with Gasteiger partial charge in [-0.05, 0) is 6.26 Å². The van der Waals surface area contributed by atoms with Crippen molar-refractivity contribution in [1.29, 1.82) is 0 Å². The molecular formula is C9H9F3OS. The van der Waals surface area contributed by atoms with Crippen LogP contribution in [0.3, 0.4) is 0 Å². The van der Waals surface area contributed by atoms with Crippen molar-refractivity contribution in [3.8, 4) is 0 Å². The van der Waals surface area contributed by atoms with Gasteiger partial charge in [0.25, 0.3) is 0 Å². The first-order chi connectivity index (χ1) is 6.42. The Morgan fingerprint density at radius 1 is 1.14 bits per heavy atom. The summed E-state index contributed by atoms with van der Waals surface area (Å²) in [6, 6.07) is 7.03. The van der Waals surface area contributed by atoms with Gasteiger partial charge in [-0.3, -0.25) is 0 Å². The molecule has 1 atom stereocenters. The average Bonchev–Trinajstić information content (AvgIpc) is 2.16. The van der Waals surface area contributed by atoms with Gasteiger partial charge in [0.1, 0.15) is 0 Å². The number of aliphatic hydroxyl groups is 1. The molecule has 1 aromatic carbocycles. The van der Waals surface area contributed by atoms with Crippen LogP contribution in [0.2, 0.25) is 0 Å². The van der Waals surface area contributed by atoms with E-state index < -0.39 is 11.1 Å². The Bertz CT molecular complexity index is 299. The summed E-state index contributed by atoms with van der Waals surface area (Å²) in [6.07, 6.45) is -3.45. The van der Waals surface area contributed by atoms with Gasteiger partial charge in [-0.25, -0.2) is 0 Å². The summed E-state index contributed by atoms with van der Waals surface area (Å²) in [7, 11) is 0. The molecule has 1 N–H and O–H groups in total. The molecule has 78 valence electrons. The lowest BCUT2D eigenvalue weighted by atomic mass is 10.1. The molecule has 1 aromatic rings. The van der Waals surface area contributed by atoms with Crippen molar-refractivity contribution in [2.45, 2.75) is 11.1 Å². The van der Waals surface area contributed by atoms with Crippen LogP contribution in [0.1, 0.15) is 5.56 Å². The van der Waals surface area contributed by atoms with E-state index in [4.69, 9.17) is 0 Å². The van der Waals surface area contributed by atoms with Gasteiger partial charge in [0, 0.05) is 5.56 Å². The van der Waals surface area contributed by atoms with Gasteiger partial charge in [-0.15, -0.1) is 11.8 Å². The summed E-state index contributed by atoms with van der Waals surface area (Å²) in [5.74, 6) is 0. The van der Waals surface area contributed by atoms with Crippen molar-refractivity contribution in [3.63, 3.8) is 0 Å². The number of halogens is 3. The lowest BCUT2D eigenvalue weighted by Crippen LogP contribution is -2.38. The Labute approximate surface area is 83.9 Å². The quantitative estimate of drug-likeness (QED) is 0.776. The van der Waals surface area contributed by atoms with Crippen molar-refractivity contribution in [2.24, 2.45) is 0 Å². The zero-order valence-electron chi connectivity index (χ0n) is 7.38. The highest BCUT2D eigenvalue weighted by atomic mass is 32.2. The zero-order valence-corrected chi connectivity index (χ0v) is 8.19. The lowest BCUT2D eigenvalue weighted by molar-refractivity contribution is -0.224. The topological polar surface area (TPSA) is 20.2 Å².